The van der Waals surface area contributed by atoms with Crippen molar-refractivity contribution in [2.45, 2.75) is 30.4 Å². The monoisotopic (exact) mass is 332 g/mol. The van der Waals surface area contributed by atoms with E-state index in [0.29, 0.717) is 10.7 Å². The normalized spacial score (nSPS) is 11.7. The number of hydrogen-bond donors (Lipinski definition) is 1. The molecule has 0 aliphatic carbocycles. The van der Waals surface area contributed by atoms with E-state index in [2.05, 4.69) is 21.6 Å². The van der Waals surface area contributed by atoms with Gasteiger partial charge in [-0.1, -0.05) is 49.1 Å². The third-order valence-corrected chi connectivity index (χ3v) is 5.19. The molecule has 1 amide bonds. The number of carbonyl (C=O) groups is 1. The minimum atomic E-state index is -0.0290. The van der Waals surface area contributed by atoms with E-state index in [9.17, 15) is 4.79 Å². The molecular weight excluding hydrogens is 316 g/mol. The van der Waals surface area contributed by atoms with Gasteiger partial charge in [0.05, 0.1) is 11.6 Å². The molecule has 1 heterocycles. The van der Waals surface area contributed by atoms with Gasteiger partial charge in [0.2, 0.25) is 11.0 Å². The van der Waals surface area contributed by atoms with Gasteiger partial charge in [-0.3, -0.25) is 4.79 Å². The summed E-state index contributed by atoms with van der Waals surface area (Å²) in [6, 6.07) is 9.55. The number of aromatic nitrogens is 2. The first-order chi connectivity index (χ1) is 10.6. The second-order valence-electron chi connectivity index (χ2n) is 4.77. The van der Waals surface area contributed by atoms with Gasteiger partial charge in [-0.25, -0.2) is 0 Å². The lowest BCUT2D eigenvalue weighted by Gasteiger charge is -2.06. The van der Waals surface area contributed by atoms with Crippen LogP contribution < -0.4 is 5.32 Å². The number of anilines is 1. The van der Waals surface area contributed by atoms with Crippen molar-refractivity contribution >= 4 is 34.1 Å². The second-order valence-corrected chi connectivity index (χ2v) is 6.97. The van der Waals surface area contributed by atoms with Gasteiger partial charge >= 0.3 is 0 Å². The van der Waals surface area contributed by atoms with E-state index in [1.165, 1.54) is 11.3 Å². The molecule has 0 aliphatic rings. The van der Waals surface area contributed by atoms with Crippen molar-refractivity contribution in [2.75, 3.05) is 5.32 Å². The average Bonchev–Trinajstić information content (AvgIpc) is 3.00. The summed E-state index contributed by atoms with van der Waals surface area (Å²) in [4.78, 5) is 11.8. The zero-order valence-corrected chi connectivity index (χ0v) is 14.0. The Bertz CT molecular complexity index is 676. The zero-order valence-electron chi connectivity index (χ0n) is 12.4. The van der Waals surface area contributed by atoms with Crippen molar-refractivity contribution in [3.05, 3.63) is 35.4 Å². The molecule has 0 radical (unpaired) electrons. The van der Waals surface area contributed by atoms with Crippen LogP contribution in [-0.4, -0.2) is 16.1 Å². The standard InChI is InChI=1S/C15H16N4OS2/c1-3-10(2)13(20)17-14-18-19-15(22-14)21-9-12-6-4-11(8-16)5-7-12/h4-7,10H,3,9H2,1-2H3,(H,17,18,20). The van der Waals surface area contributed by atoms with Gasteiger partial charge in [-0.15, -0.1) is 10.2 Å². The van der Waals surface area contributed by atoms with Crippen molar-refractivity contribution < 1.29 is 4.79 Å². The summed E-state index contributed by atoms with van der Waals surface area (Å²) in [6.07, 6.45) is 0.797. The number of nitriles is 1. The Kier molecular flexibility index (Phi) is 5.92. The first-order valence-corrected chi connectivity index (χ1v) is 8.68. The number of nitrogens with one attached hydrogen (secondary N) is 1. The van der Waals surface area contributed by atoms with E-state index in [4.69, 9.17) is 5.26 Å². The molecule has 2 rings (SSSR count). The molecule has 7 heteroatoms. The Morgan fingerprint density at radius 2 is 2.14 bits per heavy atom. The van der Waals surface area contributed by atoms with Crippen molar-refractivity contribution in [3.63, 3.8) is 0 Å². The van der Waals surface area contributed by atoms with Crippen LogP contribution in [0.2, 0.25) is 0 Å². The van der Waals surface area contributed by atoms with Gasteiger partial charge in [-0.05, 0) is 24.1 Å². The Labute approximate surface area is 137 Å². The third kappa shape index (κ3) is 4.55. The Morgan fingerprint density at radius 1 is 1.41 bits per heavy atom. The van der Waals surface area contributed by atoms with E-state index in [1.807, 2.05) is 26.0 Å². The van der Waals surface area contributed by atoms with Crippen LogP contribution in [-0.2, 0) is 10.5 Å². The quantitative estimate of drug-likeness (QED) is 0.645. The van der Waals surface area contributed by atoms with Crippen LogP contribution in [0.5, 0.6) is 0 Å². The smallest absolute Gasteiger partial charge is 0.229 e. The predicted octanol–water partition coefficient (Wildman–Crippen LogP) is 3.69. The van der Waals surface area contributed by atoms with Crippen LogP contribution in [0, 0.1) is 17.2 Å². The average molecular weight is 332 g/mol. The Hall–Kier alpha value is -1.91. The first kappa shape index (κ1) is 16.5. The van der Waals surface area contributed by atoms with Crippen molar-refractivity contribution in [1.29, 1.82) is 5.26 Å². The van der Waals surface area contributed by atoms with Gasteiger partial charge < -0.3 is 5.32 Å². The summed E-state index contributed by atoms with van der Waals surface area (Å²) in [5, 5.41) is 20.1. The minimum absolute atomic E-state index is 0.0257. The maximum absolute atomic E-state index is 11.8. The lowest BCUT2D eigenvalue weighted by molar-refractivity contribution is -0.119. The highest BCUT2D eigenvalue weighted by molar-refractivity contribution is 8.00. The van der Waals surface area contributed by atoms with E-state index < -0.39 is 0 Å². The van der Waals surface area contributed by atoms with E-state index in [0.717, 1.165) is 22.1 Å². The van der Waals surface area contributed by atoms with Crippen LogP contribution in [0.15, 0.2) is 28.6 Å². The zero-order chi connectivity index (χ0) is 15.9. The van der Waals surface area contributed by atoms with E-state index in [-0.39, 0.29) is 11.8 Å². The summed E-state index contributed by atoms with van der Waals surface area (Å²) in [6.45, 7) is 3.86. The largest absolute Gasteiger partial charge is 0.300 e. The number of nitrogens with zero attached hydrogens (tertiary/aromatic N) is 3. The molecule has 0 bridgehead atoms. The second kappa shape index (κ2) is 7.92. The Morgan fingerprint density at radius 3 is 2.77 bits per heavy atom. The molecule has 0 aliphatic heterocycles. The molecule has 1 atom stereocenters. The van der Waals surface area contributed by atoms with Crippen molar-refractivity contribution in [2.24, 2.45) is 5.92 Å². The van der Waals surface area contributed by atoms with E-state index >= 15 is 0 Å². The molecule has 0 saturated heterocycles. The lowest BCUT2D eigenvalue weighted by Crippen LogP contribution is -2.19. The number of hydrogen-bond acceptors (Lipinski definition) is 6. The van der Waals surface area contributed by atoms with Gasteiger partial charge in [0.1, 0.15) is 0 Å². The molecule has 1 aromatic heterocycles. The predicted molar refractivity (Wildman–Crippen MR) is 88.7 cm³/mol. The van der Waals surface area contributed by atoms with Gasteiger partial charge in [0.15, 0.2) is 4.34 Å². The van der Waals surface area contributed by atoms with E-state index in [1.54, 1.807) is 23.9 Å². The molecule has 5 nitrogen and oxygen atoms in total. The number of rotatable bonds is 6. The topological polar surface area (TPSA) is 78.7 Å². The molecule has 114 valence electrons. The summed E-state index contributed by atoms with van der Waals surface area (Å²) in [7, 11) is 0. The molecule has 1 aromatic carbocycles. The fraction of sp³-hybridized carbons (Fsp3) is 0.333. The van der Waals surface area contributed by atoms with Crippen LogP contribution in [0.1, 0.15) is 31.4 Å². The lowest BCUT2D eigenvalue weighted by atomic mass is 10.1. The van der Waals surface area contributed by atoms with Crippen LogP contribution in [0.25, 0.3) is 0 Å². The van der Waals surface area contributed by atoms with Gasteiger partial charge in [-0.2, -0.15) is 5.26 Å². The maximum atomic E-state index is 11.8. The van der Waals surface area contributed by atoms with Gasteiger partial charge in [0.25, 0.3) is 0 Å². The fourth-order valence-electron chi connectivity index (χ4n) is 1.55. The highest BCUT2D eigenvalue weighted by atomic mass is 32.2. The van der Waals surface area contributed by atoms with Crippen LogP contribution in [0.4, 0.5) is 5.13 Å². The molecule has 0 saturated carbocycles. The molecule has 1 N–H and O–H groups in total. The molecule has 22 heavy (non-hydrogen) atoms. The number of benzene rings is 1. The molecular formula is C15H16N4OS2. The third-order valence-electron chi connectivity index (χ3n) is 3.14. The SMILES string of the molecule is CCC(C)C(=O)Nc1nnc(SCc2ccc(C#N)cc2)s1. The molecule has 1 unspecified atom stereocenters. The summed E-state index contributed by atoms with van der Waals surface area (Å²) in [5.74, 6) is 0.695. The summed E-state index contributed by atoms with van der Waals surface area (Å²) < 4.78 is 0.809. The molecule has 2 aromatic rings. The van der Waals surface area contributed by atoms with Crippen molar-refractivity contribution in [1.82, 2.24) is 10.2 Å². The minimum Gasteiger partial charge on any atom is -0.300 e. The molecule has 0 fully saturated rings. The number of amides is 1. The van der Waals surface area contributed by atoms with Crippen molar-refractivity contribution in [3.8, 4) is 6.07 Å². The number of thioether (sulfide) groups is 1. The summed E-state index contributed by atoms with van der Waals surface area (Å²) >= 11 is 2.93. The number of carbonyl (C=O) groups excluding carboxylic acids is 1. The fourth-order valence-corrected chi connectivity index (χ4v) is 3.26. The first-order valence-electron chi connectivity index (χ1n) is 6.88. The summed E-state index contributed by atoms with van der Waals surface area (Å²) in [5.41, 5.74) is 1.77. The highest BCUT2D eigenvalue weighted by Crippen LogP contribution is 2.28. The van der Waals surface area contributed by atoms with Crippen LogP contribution >= 0.6 is 23.1 Å². The highest BCUT2D eigenvalue weighted by Gasteiger charge is 2.13. The Balaban J connectivity index is 1.89. The molecule has 0 spiro atoms. The maximum Gasteiger partial charge on any atom is 0.229 e. The van der Waals surface area contributed by atoms with Gasteiger partial charge in [0, 0.05) is 11.7 Å². The van der Waals surface area contributed by atoms with Crippen LogP contribution in [0.3, 0.4) is 0 Å².